The topological polar surface area (TPSA) is 118 Å². The number of ether oxygens (including phenoxy) is 1. The molecule has 1 aromatic carbocycles. The first-order valence-corrected chi connectivity index (χ1v) is 11.8. The van der Waals surface area contributed by atoms with Gasteiger partial charge in [-0.25, -0.2) is 9.78 Å². The van der Waals surface area contributed by atoms with Crippen molar-refractivity contribution >= 4 is 40.1 Å². The van der Waals surface area contributed by atoms with E-state index >= 15 is 0 Å². The molecule has 0 aliphatic rings. The van der Waals surface area contributed by atoms with Gasteiger partial charge in [0.05, 0.1) is 13.2 Å². The molecular formula is C22H21N5O4S2. The van der Waals surface area contributed by atoms with Crippen LogP contribution in [0.3, 0.4) is 0 Å². The van der Waals surface area contributed by atoms with Crippen molar-refractivity contribution in [2.24, 2.45) is 0 Å². The van der Waals surface area contributed by atoms with Gasteiger partial charge in [0.2, 0.25) is 0 Å². The molecule has 170 valence electrons. The fourth-order valence-electron chi connectivity index (χ4n) is 3.12. The maximum atomic E-state index is 13.0. The molecule has 0 radical (unpaired) electrons. The largest absolute Gasteiger partial charge is 0.383 e. The summed E-state index contributed by atoms with van der Waals surface area (Å²) in [6.07, 6.45) is 0. The van der Waals surface area contributed by atoms with Gasteiger partial charge in [-0.15, -0.1) is 11.3 Å². The second kappa shape index (κ2) is 10.4. The van der Waals surface area contributed by atoms with E-state index in [4.69, 9.17) is 4.74 Å². The molecule has 0 spiro atoms. The number of thiophene rings is 1. The zero-order valence-corrected chi connectivity index (χ0v) is 19.3. The maximum Gasteiger partial charge on any atom is 0.330 e. The Morgan fingerprint density at radius 2 is 2.00 bits per heavy atom. The van der Waals surface area contributed by atoms with Crippen LogP contribution in [0.5, 0.6) is 0 Å². The lowest BCUT2D eigenvalue weighted by atomic mass is 10.2. The van der Waals surface area contributed by atoms with E-state index in [1.165, 1.54) is 23.0 Å². The van der Waals surface area contributed by atoms with Crippen LogP contribution >= 0.6 is 22.7 Å². The quantitative estimate of drug-likeness (QED) is 0.336. The van der Waals surface area contributed by atoms with E-state index in [2.05, 4.69) is 20.6 Å². The Bertz CT molecular complexity index is 1340. The summed E-state index contributed by atoms with van der Waals surface area (Å²) in [7, 11) is 1.50. The Hall–Kier alpha value is -3.54. The molecule has 0 bridgehead atoms. The van der Waals surface area contributed by atoms with Gasteiger partial charge in [0.1, 0.15) is 22.2 Å². The van der Waals surface area contributed by atoms with Gasteiger partial charge in [0, 0.05) is 30.0 Å². The van der Waals surface area contributed by atoms with Crippen molar-refractivity contribution < 1.29 is 9.53 Å². The third-order valence-corrected chi connectivity index (χ3v) is 6.34. The average Bonchev–Trinajstić information content (AvgIpc) is 3.51. The Kier molecular flexibility index (Phi) is 7.13. The number of benzene rings is 1. The predicted octanol–water partition coefficient (Wildman–Crippen LogP) is 3.23. The molecule has 3 N–H and O–H groups in total. The number of thiazole rings is 1. The molecule has 0 atom stereocenters. The summed E-state index contributed by atoms with van der Waals surface area (Å²) in [5, 5.41) is 12.0. The van der Waals surface area contributed by atoms with Crippen LogP contribution in [0.25, 0.3) is 10.6 Å². The number of rotatable bonds is 9. The predicted molar refractivity (Wildman–Crippen MR) is 130 cm³/mol. The summed E-state index contributed by atoms with van der Waals surface area (Å²) in [6, 6.07) is 11.4. The lowest BCUT2D eigenvalue weighted by molar-refractivity contribution is 0.102. The monoisotopic (exact) mass is 483 g/mol. The number of aromatic amines is 1. The van der Waals surface area contributed by atoms with Gasteiger partial charge in [-0.3, -0.25) is 19.1 Å². The molecule has 0 fully saturated rings. The van der Waals surface area contributed by atoms with Gasteiger partial charge < -0.3 is 15.4 Å². The van der Waals surface area contributed by atoms with Gasteiger partial charge >= 0.3 is 5.69 Å². The highest BCUT2D eigenvalue weighted by atomic mass is 32.1. The van der Waals surface area contributed by atoms with Crippen LogP contribution < -0.4 is 21.9 Å². The highest BCUT2D eigenvalue weighted by Gasteiger charge is 2.20. The van der Waals surface area contributed by atoms with Crippen LogP contribution in [0, 0.1) is 0 Å². The number of carbonyl (C=O) groups excluding carboxylic acids is 1. The highest BCUT2D eigenvalue weighted by Crippen LogP contribution is 2.26. The molecule has 4 aromatic rings. The molecule has 11 heteroatoms. The fraction of sp³-hybridized carbons (Fsp3) is 0.182. The van der Waals surface area contributed by atoms with Crippen molar-refractivity contribution in [1.82, 2.24) is 14.5 Å². The molecule has 3 aromatic heterocycles. The normalized spacial score (nSPS) is 10.8. The lowest BCUT2D eigenvalue weighted by Crippen LogP contribution is -2.36. The second-order valence-electron chi connectivity index (χ2n) is 6.97. The van der Waals surface area contributed by atoms with Gasteiger partial charge in [0.25, 0.3) is 11.5 Å². The summed E-state index contributed by atoms with van der Waals surface area (Å²) in [5.74, 6) is -0.460. The molecule has 0 unspecified atom stereocenters. The van der Waals surface area contributed by atoms with Crippen molar-refractivity contribution in [3.63, 3.8) is 0 Å². The number of methoxy groups -OCH3 is 1. The number of aromatic nitrogens is 3. The molecule has 0 aliphatic carbocycles. The molecule has 0 saturated heterocycles. The minimum absolute atomic E-state index is 0.0619. The fourth-order valence-corrected chi connectivity index (χ4v) is 4.63. The molecule has 33 heavy (non-hydrogen) atoms. The number of nitrogens with one attached hydrogen (secondary N) is 3. The van der Waals surface area contributed by atoms with Crippen molar-refractivity contribution in [3.05, 3.63) is 84.6 Å². The van der Waals surface area contributed by atoms with Crippen LogP contribution in [-0.2, 0) is 17.8 Å². The van der Waals surface area contributed by atoms with Gasteiger partial charge in [0.15, 0.2) is 0 Å². The van der Waals surface area contributed by atoms with Crippen LogP contribution in [0.2, 0.25) is 0 Å². The molecule has 1 amide bonds. The number of H-pyrrole nitrogens is 1. The summed E-state index contributed by atoms with van der Waals surface area (Å²) in [5.41, 5.74) is 0.871. The van der Waals surface area contributed by atoms with E-state index in [1.807, 2.05) is 47.2 Å². The first-order valence-electron chi connectivity index (χ1n) is 10.00. The average molecular weight is 484 g/mol. The third kappa shape index (κ3) is 5.28. The summed E-state index contributed by atoms with van der Waals surface area (Å²) < 4.78 is 6.36. The van der Waals surface area contributed by atoms with Crippen LogP contribution in [0.15, 0.2) is 62.1 Å². The third-order valence-electron chi connectivity index (χ3n) is 4.77. The zero-order chi connectivity index (χ0) is 23.2. The molecule has 4 rings (SSSR count). The Labute approximate surface area is 196 Å². The van der Waals surface area contributed by atoms with E-state index < -0.39 is 17.2 Å². The van der Waals surface area contributed by atoms with Crippen molar-refractivity contribution in [2.45, 2.75) is 13.1 Å². The van der Waals surface area contributed by atoms with E-state index in [-0.39, 0.29) is 30.4 Å². The van der Waals surface area contributed by atoms with Gasteiger partial charge in [-0.2, -0.15) is 11.3 Å². The van der Waals surface area contributed by atoms with Crippen molar-refractivity contribution in [2.75, 3.05) is 24.4 Å². The zero-order valence-electron chi connectivity index (χ0n) is 17.7. The standard InChI is InChI=1S/C22H21N5O4S2/c1-31-9-8-27-18(25-19(28)16-13-33-21(24-16)15-7-10-32-12-15)17(20(29)26-22(27)30)23-11-14-5-3-2-4-6-14/h2-7,10,12-13,23H,8-9,11H2,1H3,(H,25,28)(H,26,29,30). The second-order valence-corrected chi connectivity index (χ2v) is 8.61. The number of hydrogen-bond donors (Lipinski definition) is 3. The van der Waals surface area contributed by atoms with Gasteiger partial charge in [-0.1, -0.05) is 30.3 Å². The minimum atomic E-state index is -0.644. The molecule has 3 heterocycles. The number of anilines is 2. The molecule has 0 aliphatic heterocycles. The summed E-state index contributed by atoms with van der Waals surface area (Å²) in [6.45, 7) is 0.680. The molecule has 9 nitrogen and oxygen atoms in total. The smallest absolute Gasteiger partial charge is 0.330 e. The Morgan fingerprint density at radius 1 is 1.18 bits per heavy atom. The number of carbonyl (C=O) groups is 1. The van der Waals surface area contributed by atoms with Crippen LogP contribution in [0.1, 0.15) is 16.1 Å². The first-order chi connectivity index (χ1) is 16.1. The van der Waals surface area contributed by atoms with Crippen LogP contribution in [-0.4, -0.2) is 34.2 Å². The van der Waals surface area contributed by atoms with E-state index in [9.17, 15) is 14.4 Å². The van der Waals surface area contributed by atoms with Crippen molar-refractivity contribution in [1.29, 1.82) is 0 Å². The minimum Gasteiger partial charge on any atom is -0.383 e. The van der Waals surface area contributed by atoms with E-state index in [1.54, 1.807) is 16.7 Å². The lowest BCUT2D eigenvalue weighted by Gasteiger charge is -2.17. The molecule has 0 saturated carbocycles. The maximum absolute atomic E-state index is 13.0. The summed E-state index contributed by atoms with van der Waals surface area (Å²) >= 11 is 2.89. The van der Waals surface area contributed by atoms with E-state index in [0.717, 1.165) is 11.1 Å². The number of hydrogen-bond acceptors (Lipinski definition) is 8. The number of amides is 1. The van der Waals surface area contributed by atoms with Gasteiger partial charge in [-0.05, 0) is 17.0 Å². The Balaban J connectivity index is 1.67. The first kappa shape index (κ1) is 22.6. The summed E-state index contributed by atoms with van der Waals surface area (Å²) in [4.78, 5) is 44.9. The number of nitrogens with zero attached hydrogens (tertiary/aromatic N) is 2. The Morgan fingerprint density at radius 3 is 2.73 bits per heavy atom. The SMILES string of the molecule is COCCn1c(NC(=O)c2csc(-c3ccsc3)n2)c(NCc2ccccc2)c(=O)[nH]c1=O. The van der Waals surface area contributed by atoms with Crippen molar-refractivity contribution in [3.8, 4) is 10.6 Å². The highest BCUT2D eigenvalue weighted by molar-refractivity contribution is 7.14. The van der Waals surface area contributed by atoms with Crippen LogP contribution in [0.4, 0.5) is 11.5 Å². The molecular weight excluding hydrogens is 462 g/mol. The van der Waals surface area contributed by atoms with E-state index in [0.29, 0.717) is 11.6 Å².